The van der Waals surface area contributed by atoms with Crippen LogP contribution in [0.25, 0.3) is 0 Å². The van der Waals surface area contributed by atoms with Gasteiger partial charge in [-0.25, -0.2) is 0 Å². The molecule has 1 atom stereocenters. The Kier molecular flexibility index (Phi) is 7.06. The van der Waals surface area contributed by atoms with Crippen LogP contribution in [0.1, 0.15) is 36.5 Å². The van der Waals surface area contributed by atoms with Crippen molar-refractivity contribution in [3.05, 3.63) is 108 Å². The molecule has 0 amide bonds. The maximum absolute atomic E-state index is 3.59. The van der Waals surface area contributed by atoms with Crippen molar-refractivity contribution in [2.45, 2.75) is 31.7 Å². The van der Waals surface area contributed by atoms with Gasteiger partial charge in [-0.3, -0.25) is 0 Å². The van der Waals surface area contributed by atoms with E-state index < -0.39 is 0 Å². The SMILES string of the molecule is CC#CC(CCC[NH+](C)Cc1ccccc1)(c1ccccc1)c1ccccc1. The lowest BCUT2D eigenvalue weighted by molar-refractivity contribution is -0.894. The highest BCUT2D eigenvalue weighted by Crippen LogP contribution is 2.36. The molecular weight excluding hydrogens is 338 g/mol. The average molecular weight is 369 g/mol. The monoisotopic (exact) mass is 368 g/mol. The summed E-state index contributed by atoms with van der Waals surface area (Å²) in [6.45, 7) is 4.14. The fourth-order valence-corrected chi connectivity index (χ4v) is 4.01. The highest BCUT2D eigenvalue weighted by atomic mass is 15.1. The molecule has 0 aliphatic carbocycles. The molecule has 28 heavy (non-hydrogen) atoms. The topological polar surface area (TPSA) is 4.44 Å². The molecule has 142 valence electrons. The highest BCUT2D eigenvalue weighted by Gasteiger charge is 2.32. The van der Waals surface area contributed by atoms with E-state index in [9.17, 15) is 0 Å². The summed E-state index contributed by atoms with van der Waals surface area (Å²) in [5, 5.41) is 0. The van der Waals surface area contributed by atoms with Crippen LogP contribution in [0.5, 0.6) is 0 Å². The molecule has 1 nitrogen and oxygen atoms in total. The average Bonchev–Trinajstić information content (AvgIpc) is 2.75. The summed E-state index contributed by atoms with van der Waals surface area (Å²) in [6.07, 6.45) is 2.14. The van der Waals surface area contributed by atoms with Gasteiger partial charge in [0.05, 0.1) is 19.0 Å². The van der Waals surface area contributed by atoms with Gasteiger partial charge in [-0.05, 0) is 30.9 Å². The summed E-state index contributed by atoms with van der Waals surface area (Å²) in [7, 11) is 2.28. The Morgan fingerprint density at radius 1 is 0.750 bits per heavy atom. The molecule has 0 aliphatic heterocycles. The second-order valence-electron chi connectivity index (χ2n) is 7.49. The van der Waals surface area contributed by atoms with E-state index in [0.29, 0.717) is 0 Å². The molecule has 3 aromatic carbocycles. The van der Waals surface area contributed by atoms with Gasteiger partial charge in [0, 0.05) is 5.56 Å². The summed E-state index contributed by atoms with van der Waals surface area (Å²) in [4.78, 5) is 1.53. The fraction of sp³-hybridized carbons (Fsp3) is 0.259. The van der Waals surface area contributed by atoms with E-state index in [2.05, 4.69) is 110 Å². The third-order valence-electron chi connectivity index (χ3n) is 5.38. The Morgan fingerprint density at radius 2 is 1.25 bits per heavy atom. The Bertz CT molecular complexity index is 849. The summed E-state index contributed by atoms with van der Waals surface area (Å²) >= 11 is 0. The Hall–Kier alpha value is -2.82. The number of hydrogen-bond donors (Lipinski definition) is 1. The molecule has 1 N–H and O–H groups in total. The normalized spacial score (nSPS) is 12.1. The first-order valence-corrected chi connectivity index (χ1v) is 10.1. The number of hydrogen-bond acceptors (Lipinski definition) is 0. The molecule has 0 aliphatic rings. The smallest absolute Gasteiger partial charge is 0.103 e. The summed E-state index contributed by atoms with van der Waals surface area (Å²) in [5.41, 5.74) is 3.72. The van der Waals surface area contributed by atoms with Crippen LogP contribution in [0.2, 0.25) is 0 Å². The van der Waals surface area contributed by atoms with Crippen molar-refractivity contribution >= 4 is 0 Å². The van der Waals surface area contributed by atoms with Crippen LogP contribution in [0.15, 0.2) is 91.0 Å². The second kappa shape index (κ2) is 9.93. The van der Waals surface area contributed by atoms with Crippen molar-refractivity contribution in [2.75, 3.05) is 13.6 Å². The lowest BCUT2D eigenvalue weighted by atomic mass is 9.72. The molecule has 0 radical (unpaired) electrons. The molecule has 0 fully saturated rings. The first-order chi connectivity index (χ1) is 13.7. The van der Waals surface area contributed by atoms with Crippen LogP contribution < -0.4 is 4.90 Å². The zero-order chi connectivity index (χ0) is 19.7. The molecule has 0 spiro atoms. The maximum Gasteiger partial charge on any atom is 0.103 e. The molecule has 3 rings (SSSR count). The van der Waals surface area contributed by atoms with Crippen molar-refractivity contribution in [3.63, 3.8) is 0 Å². The number of benzene rings is 3. The van der Waals surface area contributed by atoms with Crippen LogP contribution >= 0.6 is 0 Å². The van der Waals surface area contributed by atoms with Gasteiger partial charge in [0.1, 0.15) is 6.54 Å². The molecular formula is C27H30N+. The molecule has 1 unspecified atom stereocenters. The van der Waals surface area contributed by atoms with Crippen molar-refractivity contribution < 1.29 is 4.90 Å². The van der Waals surface area contributed by atoms with Gasteiger partial charge < -0.3 is 4.90 Å². The van der Waals surface area contributed by atoms with E-state index in [0.717, 1.165) is 25.9 Å². The lowest BCUT2D eigenvalue weighted by Crippen LogP contribution is -3.07. The van der Waals surface area contributed by atoms with Crippen molar-refractivity contribution in [3.8, 4) is 11.8 Å². The predicted octanol–water partition coefficient (Wildman–Crippen LogP) is 4.49. The van der Waals surface area contributed by atoms with E-state index in [1.165, 1.54) is 21.6 Å². The van der Waals surface area contributed by atoms with E-state index in [4.69, 9.17) is 0 Å². The molecule has 1 heteroatoms. The third-order valence-corrected chi connectivity index (χ3v) is 5.38. The second-order valence-corrected chi connectivity index (χ2v) is 7.49. The van der Waals surface area contributed by atoms with Gasteiger partial charge in [0.15, 0.2) is 0 Å². The number of rotatable bonds is 8. The van der Waals surface area contributed by atoms with Gasteiger partial charge in [-0.2, -0.15) is 0 Å². The molecule has 0 aromatic heterocycles. The summed E-state index contributed by atoms with van der Waals surface area (Å²) in [5.74, 6) is 6.82. The number of quaternary nitrogens is 1. The Labute approximate surface area is 170 Å². The largest absolute Gasteiger partial charge is 0.334 e. The molecule has 0 saturated heterocycles. The van der Waals surface area contributed by atoms with Crippen LogP contribution in [0.4, 0.5) is 0 Å². The summed E-state index contributed by atoms with van der Waals surface area (Å²) in [6, 6.07) is 32.3. The standard InChI is InChI=1S/C27H29N/c1-3-20-27(25-16-9-5-10-17-25,26-18-11-6-12-19-26)21-13-22-28(2)23-24-14-7-4-8-15-24/h4-12,14-19H,13,21-23H2,1-2H3/p+1. The van der Waals surface area contributed by atoms with Crippen molar-refractivity contribution in [1.82, 2.24) is 0 Å². The van der Waals surface area contributed by atoms with Crippen LogP contribution in [-0.2, 0) is 12.0 Å². The van der Waals surface area contributed by atoms with E-state index >= 15 is 0 Å². The van der Waals surface area contributed by atoms with Gasteiger partial charge in [-0.1, -0.05) is 96.9 Å². The van der Waals surface area contributed by atoms with Crippen molar-refractivity contribution in [1.29, 1.82) is 0 Å². The van der Waals surface area contributed by atoms with Crippen LogP contribution in [0, 0.1) is 11.8 Å². The maximum atomic E-state index is 3.59. The van der Waals surface area contributed by atoms with Crippen LogP contribution in [0.3, 0.4) is 0 Å². The minimum atomic E-state index is -0.246. The van der Waals surface area contributed by atoms with Gasteiger partial charge in [0.25, 0.3) is 0 Å². The van der Waals surface area contributed by atoms with E-state index in [-0.39, 0.29) is 5.41 Å². The molecule has 0 saturated carbocycles. The molecule has 3 aromatic rings. The first-order valence-electron chi connectivity index (χ1n) is 10.1. The highest BCUT2D eigenvalue weighted by molar-refractivity contribution is 5.47. The lowest BCUT2D eigenvalue weighted by Gasteiger charge is -2.30. The fourth-order valence-electron chi connectivity index (χ4n) is 4.01. The van der Waals surface area contributed by atoms with Crippen LogP contribution in [-0.4, -0.2) is 13.6 Å². The quantitative estimate of drug-likeness (QED) is 0.559. The van der Waals surface area contributed by atoms with Gasteiger partial charge in [-0.15, -0.1) is 5.92 Å². The molecule has 0 bridgehead atoms. The molecule has 0 heterocycles. The van der Waals surface area contributed by atoms with E-state index in [1.807, 2.05) is 6.92 Å². The zero-order valence-electron chi connectivity index (χ0n) is 17.0. The van der Waals surface area contributed by atoms with Crippen molar-refractivity contribution in [2.24, 2.45) is 0 Å². The van der Waals surface area contributed by atoms with E-state index in [1.54, 1.807) is 0 Å². The predicted molar refractivity (Wildman–Crippen MR) is 118 cm³/mol. The first kappa shape index (κ1) is 19.9. The zero-order valence-corrected chi connectivity index (χ0v) is 17.0. The Balaban J connectivity index is 1.79. The Morgan fingerprint density at radius 3 is 1.75 bits per heavy atom. The number of nitrogens with one attached hydrogen (secondary N) is 1. The minimum absolute atomic E-state index is 0.246. The van der Waals surface area contributed by atoms with Gasteiger partial charge >= 0.3 is 0 Å². The minimum Gasteiger partial charge on any atom is -0.334 e. The third kappa shape index (κ3) is 4.91. The van der Waals surface area contributed by atoms with Gasteiger partial charge in [0.2, 0.25) is 0 Å². The summed E-state index contributed by atoms with van der Waals surface area (Å²) < 4.78 is 0.